The highest BCUT2D eigenvalue weighted by molar-refractivity contribution is 7.10. The van der Waals surface area contributed by atoms with Gasteiger partial charge in [0.25, 0.3) is 0 Å². The first-order chi connectivity index (χ1) is 10.3. The molecule has 5 heteroatoms. The minimum absolute atomic E-state index is 0.223. The quantitative estimate of drug-likeness (QED) is 0.703. The van der Waals surface area contributed by atoms with Gasteiger partial charge in [0.05, 0.1) is 11.9 Å². The second-order valence-corrected chi connectivity index (χ2v) is 6.09. The van der Waals surface area contributed by atoms with E-state index in [4.69, 9.17) is 15.8 Å². The Morgan fingerprint density at radius 3 is 3.10 bits per heavy atom. The summed E-state index contributed by atoms with van der Waals surface area (Å²) >= 11 is 1.71. The number of aliphatic hydroxyl groups excluding tert-OH is 1. The maximum atomic E-state index is 8.78. The van der Waals surface area contributed by atoms with Crippen molar-refractivity contribution in [1.29, 1.82) is 0 Å². The van der Waals surface area contributed by atoms with Gasteiger partial charge in [-0.3, -0.25) is 4.99 Å². The number of nitrogens with zero attached hydrogens (tertiary/aromatic N) is 1. The molecule has 0 saturated heterocycles. The summed E-state index contributed by atoms with van der Waals surface area (Å²) in [5, 5.41) is 16.1. The molecule has 2 aromatic rings. The topological polar surface area (TPSA) is 70.6 Å². The van der Waals surface area contributed by atoms with E-state index in [1.165, 1.54) is 10.4 Å². The minimum Gasteiger partial charge on any atom is -0.398 e. The average molecular weight is 301 g/mol. The standard InChI is InChI=1S/C16H19N3OS/c17-16-12-3-2-11(9-18-5-1-6-20)8-14(12)19-10-15-13(16)4-7-21-15/h2-4,7-8,18,20H,1,5-6,9-10,17H2. The summed E-state index contributed by atoms with van der Waals surface area (Å²) in [6.45, 7) is 2.52. The molecule has 21 heavy (non-hydrogen) atoms. The third kappa shape index (κ3) is 3.00. The van der Waals surface area contributed by atoms with Gasteiger partial charge in [-0.05, 0) is 36.0 Å². The highest BCUT2D eigenvalue weighted by atomic mass is 32.1. The normalized spacial score (nSPS) is 13.3. The molecule has 2 heterocycles. The van der Waals surface area contributed by atoms with Crippen LogP contribution in [0.1, 0.15) is 22.4 Å². The molecular weight excluding hydrogens is 282 g/mol. The fourth-order valence-electron chi connectivity index (χ4n) is 2.49. The summed E-state index contributed by atoms with van der Waals surface area (Å²) in [5.41, 5.74) is 9.44. The Hall–Kier alpha value is -1.69. The summed E-state index contributed by atoms with van der Waals surface area (Å²) < 4.78 is 0. The number of thiophene rings is 1. The lowest BCUT2D eigenvalue weighted by atomic mass is 10.1. The van der Waals surface area contributed by atoms with Crippen LogP contribution in [0, 0.1) is 0 Å². The summed E-state index contributed by atoms with van der Waals surface area (Å²) in [6, 6.07) is 8.32. The van der Waals surface area contributed by atoms with Crippen LogP contribution < -0.4 is 21.6 Å². The molecule has 3 rings (SSSR count). The Labute approximate surface area is 127 Å². The van der Waals surface area contributed by atoms with Crippen LogP contribution in [0.3, 0.4) is 0 Å². The summed E-state index contributed by atoms with van der Waals surface area (Å²) in [5.74, 6) is 0. The third-order valence-electron chi connectivity index (χ3n) is 3.62. The predicted octanol–water partition coefficient (Wildman–Crippen LogP) is 0.468. The maximum absolute atomic E-state index is 8.78. The zero-order chi connectivity index (χ0) is 14.7. The van der Waals surface area contributed by atoms with E-state index in [2.05, 4.69) is 35.0 Å². The van der Waals surface area contributed by atoms with Crippen LogP contribution in [0.2, 0.25) is 0 Å². The number of hydrogen-bond acceptors (Lipinski definition) is 5. The Morgan fingerprint density at radius 2 is 2.24 bits per heavy atom. The molecule has 1 aromatic heterocycles. The molecule has 4 nitrogen and oxygen atoms in total. The van der Waals surface area contributed by atoms with Crippen molar-refractivity contribution >= 4 is 17.0 Å². The van der Waals surface area contributed by atoms with Crippen molar-refractivity contribution in [3.8, 4) is 0 Å². The fraction of sp³-hybridized carbons (Fsp3) is 0.312. The number of benzene rings is 1. The van der Waals surface area contributed by atoms with Gasteiger partial charge in [0.2, 0.25) is 0 Å². The molecule has 0 amide bonds. The second-order valence-electron chi connectivity index (χ2n) is 5.09. The van der Waals surface area contributed by atoms with E-state index < -0.39 is 0 Å². The highest BCUT2D eigenvalue weighted by Gasteiger charge is 2.11. The lowest BCUT2D eigenvalue weighted by Gasteiger charge is -2.04. The number of fused-ring (bicyclic) bond motifs is 2. The summed E-state index contributed by atoms with van der Waals surface area (Å²) in [6.07, 6.45) is 0.774. The van der Waals surface area contributed by atoms with Crippen molar-refractivity contribution in [3.05, 3.63) is 56.2 Å². The first kappa shape index (κ1) is 14.3. The maximum Gasteiger partial charge on any atom is 0.0746 e. The molecule has 0 unspecified atom stereocenters. The SMILES string of the molecule is NC1=c2ccc(CNCCCO)cc2=NCc2sccc21. The van der Waals surface area contributed by atoms with Gasteiger partial charge in [-0.2, -0.15) is 0 Å². The smallest absolute Gasteiger partial charge is 0.0746 e. The molecular formula is C16H19N3OS. The van der Waals surface area contributed by atoms with Crippen molar-refractivity contribution < 1.29 is 5.11 Å². The van der Waals surface area contributed by atoms with Crippen molar-refractivity contribution in [2.75, 3.05) is 13.2 Å². The van der Waals surface area contributed by atoms with Crippen LogP contribution in [0.5, 0.6) is 0 Å². The van der Waals surface area contributed by atoms with E-state index >= 15 is 0 Å². The van der Waals surface area contributed by atoms with Crippen molar-refractivity contribution in [2.45, 2.75) is 19.5 Å². The van der Waals surface area contributed by atoms with Crippen LogP contribution in [-0.4, -0.2) is 18.3 Å². The number of hydrogen-bond donors (Lipinski definition) is 3. The van der Waals surface area contributed by atoms with E-state index in [0.717, 1.165) is 41.3 Å². The van der Waals surface area contributed by atoms with Gasteiger partial charge in [-0.15, -0.1) is 11.3 Å². The van der Waals surface area contributed by atoms with Crippen LogP contribution in [0.15, 0.2) is 34.6 Å². The molecule has 1 aliphatic heterocycles. The van der Waals surface area contributed by atoms with Crippen LogP contribution in [-0.2, 0) is 13.1 Å². The Morgan fingerprint density at radius 1 is 1.33 bits per heavy atom. The Bertz CT molecular complexity index is 751. The number of nitrogens with one attached hydrogen (secondary N) is 1. The lowest BCUT2D eigenvalue weighted by molar-refractivity contribution is 0.286. The van der Waals surface area contributed by atoms with Gasteiger partial charge in [-0.1, -0.05) is 12.1 Å². The van der Waals surface area contributed by atoms with Gasteiger partial charge in [0, 0.05) is 34.5 Å². The molecule has 0 saturated carbocycles. The molecule has 0 fully saturated rings. The van der Waals surface area contributed by atoms with Crippen LogP contribution in [0.4, 0.5) is 0 Å². The van der Waals surface area contributed by atoms with Crippen molar-refractivity contribution in [3.63, 3.8) is 0 Å². The Kier molecular flexibility index (Phi) is 4.34. The Balaban J connectivity index is 1.91. The van der Waals surface area contributed by atoms with E-state index in [-0.39, 0.29) is 6.61 Å². The molecule has 110 valence electrons. The number of aliphatic hydroxyl groups is 1. The first-order valence-corrected chi connectivity index (χ1v) is 7.99. The second kappa shape index (κ2) is 6.39. The van der Waals surface area contributed by atoms with Gasteiger partial charge in [0.15, 0.2) is 0 Å². The van der Waals surface area contributed by atoms with Gasteiger partial charge < -0.3 is 16.2 Å². The fourth-order valence-corrected chi connectivity index (χ4v) is 3.30. The first-order valence-electron chi connectivity index (χ1n) is 7.11. The monoisotopic (exact) mass is 301 g/mol. The highest BCUT2D eigenvalue weighted by Crippen LogP contribution is 2.21. The molecule has 4 N–H and O–H groups in total. The van der Waals surface area contributed by atoms with E-state index in [0.29, 0.717) is 6.54 Å². The van der Waals surface area contributed by atoms with Gasteiger partial charge >= 0.3 is 0 Å². The zero-order valence-corrected chi connectivity index (χ0v) is 12.6. The molecule has 1 aromatic carbocycles. The summed E-state index contributed by atoms with van der Waals surface area (Å²) in [4.78, 5) is 5.93. The molecule has 1 aliphatic rings. The lowest BCUT2D eigenvalue weighted by Crippen LogP contribution is -2.30. The minimum atomic E-state index is 0.223. The predicted molar refractivity (Wildman–Crippen MR) is 85.4 cm³/mol. The third-order valence-corrected chi connectivity index (χ3v) is 4.53. The van der Waals surface area contributed by atoms with E-state index in [1.807, 2.05) is 0 Å². The molecule has 0 spiro atoms. The zero-order valence-electron chi connectivity index (χ0n) is 11.8. The van der Waals surface area contributed by atoms with Crippen molar-refractivity contribution in [1.82, 2.24) is 5.32 Å². The molecule has 0 atom stereocenters. The number of nitrogens with two attached hydrogens (primary N) is 1. The van der Waals surface area contributed by atoms with Gasteiger partial charge in [0.1, 0.15) is 0 Å². The largest absolute Gasteiger partial charge is 0.398 e. The van der Waals surface area contributed by atoms with E-state index in [9.17, 15) is 0 Å². The van der Waals surface area contributed by atoms with Gasteiger partial charge in [-0.25, -0.2) is 0 Å². The van der Waals surface area contributed by atoms with Crippen molar-refractivity contribution in [2.24, 2.45) is 10.7 Å². The van der Waals surface area contributed by atoms with E-state index in [1.54, 1.807) is 11.3 Å². The number of rotatable bonds is 5. The molecule has 0 aliphatic carbocycles. The van der Waals surface area contributed by atoms with Crippen LogP contribution >= 0.6 is 11.3 Å². The van der Waals surface area contributed by atoms with Crippen LogP contribution in [0.25, 0.3) is 5.70 Å². The molecule has 0 radical (unpaired) electrons. The summed E-state index contributed by atoms with van der Waals surface area (Å²) in [7, 11) is 0. The average Bonchev–Trinajstić information content (AvgIpc) is 2.93. The molecule has 0 bridgehead atoms.